The van der Waals surface area contributed by atoms with Gasteiger partial charge in [0, 0.05) is 12.8 Å². The molecule has 0 fully saturated rings. The lowest BCUT2D eigenvalue weighted by Gasteiger charge is -2.28. The molecule has 0 saturated heterocycles. The Morgan fingerprint density at radius 2 is 1.50 bits per heavy atom. The van der Waals surface area contributed by atoms with E-state index >= 15 is 0 Å². The number of amides is 1. The Balaban J connectivity index is 4.05. The molecule has 0 aromatic carbocycles. The molecular weight excluding hydrogens is 218 g/mol. The van der Waals surface area contributed by atoms with Crippen molar-refractivity contribution >= 4 is 11.9 Å². The van der Waals surface area contributed by atoms with Gasteiger partial charge in [-0.05, 0) is 6.42 Å². The normalized spacial score (nSPS) is 11.2. The van der Waals surface area contributed by atoms with Gasteiger partial charge in [-0.1, -0.05) is 0 Å². The quantitative estimate of drug-likeness (QED) is 0.333. The average Bonchev–Trinajstić information content (AvgIpc) is 2.25. The van der Waals surface area contributed by atoms with Crippen LogP contribution in [0, 0.1) is 0 Å². The fourth-order valence-corrected chi connectivity index (χ4v) is 1.03. The van der Waals surface area contributed by atoms with Crippen LogP contribution in [-0.4, -0.2) is 57.7 Å². The number of carboxylic acid groups (broad SMARTS) is 1. The summed E-state index contributed by atoms with van der Waals surface area (Å²) in [6.45, 7) is -1.78. The minimum absolute atomic E-state index is 0.0337. The van der Waals surface area contributed by atoms with Gasteiger partial charge in [-0.25, -0.2) is 0 Å². The topological polar surface area (TPSA) is 127 Å². The maximum atomic E-state index is 11.3. The van der Waals surface area contributed by atoms with E-state index in [9.17, 15) is 9.59 Å². The molecule has 1 amide bonds. The van der Waals surface area contributed by atoms with Gasteiger partial charge in [0.2, 0.25) is 5.91 Å². The first kappa shape index (κ1) is 14.8. The highest BCUT2D eigenvalue weighted by Gasteiger charge is 2.29. The van der Waals surface area contributed by atoms with Crippen molar-refractivity contribution in [2.45, 2.75) is 24.8 Å². The van der Waals surface area contributed by atoms with Crippen LogP contribution in [0.1, 0.15) is 19.3 Å². The second-order valence-electron chi connectivity index (χ2n) is 3.55. The second kappa shape index (κ2) is 7.15. The third-order valence-corrected chi connectivity index (χ3v) is 2.11. The summed E-state index contributed by atoms with van der Waals surface area (Å²) in [5, 5.41) is 37.3. The van der Waals surface area contributed by atoms with Crippen molar-refractivity contribution in [2.24, 2.45) is 0 Å². The van der Waals surface area contributed by atoms with Gasteiger partial charge in [-0.15, -0.1) is 0 Å². The number of carboxylic acids is 1. The molecule has 0 bridgehead atoms. The number of hydrogen-bond donors (Lipinski definition) is 5. The van der Waals surface area contributed by atoms with E-state index < -0.39 is 37.2 Å². The van der Waals surface area contributed by atoms with Gasteiger partial charge >= 0.3 is 5.97 Å². The Kier molecular flexibility index (Phi) is 6.63. The molecule has 0 radical (unpaired) electrons. The SMILES string of the molecule is O=C(O)CCCC(=O)NC(CO)(CO)CO. The van der Waals surface area contributed by atoms with Crippen molar-refractivity contribution in [3.05, 3.63) is 0 Å². The zero-order valence-electron chi connectivity index (χ0n) is 8.85. The Labute approximate surface area is 92.7 Å². The smallest absolute Gasteiger partial charge is 0.303 e. The maximum absolute atomic E-state index is 11.3. The number of carbonyl (C=O) groups excluding carboxylic acids is 1. The molecule has 0 aromatic rings. The largest absolute Gasteiger partial charge is 0.481 e. The van der Waals surface area contributed by atoms with Crippen LogP contribution >= 0.6 is 0 Å². The second-order valence-corrected chi connectivity index (χ2v) is 3.55. The molecule has 5 N–H and O–H groups in total. The van der Waals surface area contributed by atoms with E-state index in [1.807, 2.05) is 0 Å². The van der Waals surface area contributed by atoms with Crippen molar-refractivity contribution in [3.8, 4) is 0 Å². The summed E-state index contributed by atoms with van der Waals surface area (Å²) in [6.07, 6.45) is 0.00533. The molecule has 94 valence electrons. The van der Waals surface area contributed by atoms with Crippen LogP contribution in [0.25, 0.3) is 0 Å². The van der Waals surface area contributed by atoms with Crippen molar-refractivity contribution in [1.29, 1.82) is 0 Å². The summed E-state index contributed by atoms with van der Waals surface area (Å²) in [7, 11) is 0. The molecule has 0 unspecified atom stereocenters. The first-order chi connectivity index (χ1) is 7.49. The first-order valence-electron chi connectivity index (χ1n) is 4.85. The summed E-state index contributed by atoms with van der Waals surface area (Å²) in [5.41, 5.74) is -1.44. The summed E-state index contributed by atoms with van der Waals surface area (Å²) in [4.78, 5) is 21.5. The third kappa shape index (κ3) is 5.06. The molecule has 16 heavy (non-hydrogen) atoms. The summed E-state index contributed by atoms with van der Waals surface area (Å²) >= 11 is 0. The molecule has 0 rings (SSSR count). The molecule has 0 aliphatic carbocycles. The number of nitrogens with one attached hydrogen (secondary N) is 1. The van der Waals surface area contributed by atoms with Gasteiger partial charge in [-0.2, -0.15) is 0 Å². The standard InChI is InChI=1S/C9H17NO6/c11-4-9(5-12,6-13)10-7(14)2-1-3-8(15)16/h11-13H,1-6H2,(H,10,14)(H,15,16). The lowest BCUT2D eigenvalue weighted by molar-refractivity contribution is -0.137. The number of aliphatic carboxylic acids is 1. The lowest BCUT2D eigenvalue weighted by Crippen LogP contribution is -2.57. The number of aliphatic hydroxyl groups excluding tert-OH is 3. The van der Waals surface area contributed by atoms with Gasteiger partial charge in [-0.3, -0.25) is 9.59 Å². The van der Waals surface area contributed by atoms with Gasteiger partial charge in [0.1, 0.15) is 5.54 Å². The zero-order valence-corrected chi connectivity index (χ0v) is 8.85. The third-order valence-electron chi connectivity index (χ3n) is 2.11. The lowest BCUT2D eigenvalue weighted by atomic mass is 10.0. The van der Waals surface area contributed by atoms with Gasteiger partial charge < -0.3 is 25.7 Å². The maximum Gasteiger partial charge on any atom is 0.303 e. The van der Waals surface area contributed by atoms with E-state index in [1.165, 1.54) is 0 Å². The number of hydrogen-bond acceptors (Lipinski definition) is 5. The molecule has 0 aromatic heterocycles. The molecule has 0 heterocycles. The van der Waals surface area contributed by atoms with Crippen LogP contribution in [0.15, 0.2) is 0 Å². The predicted molar refractivity (Wildman–Crippen MR) is 53.6 cm³/mol. The number of carbonyl (C=O) groups is 2. The van der Waals surface area contributed by atoms with Crippen molar-refractivity contribution in [2.75, 3.05) is 19.8 Å². The van der Waals surface area contributed by atoms with E-state index in [0.717, 1.165) is 0 Å². The van der Waals surface area contributed by atoms with Gasteiger partial charge in [0.15, 0.2) is 0 Å². The highest BCUT2D eigenvalue weighted by Crippen LogP contribution is 2.04. The van der Waals surface area contributed by atoms with Crippen LogP contribution in [-0.2, 0) is 9.59 Å². The molecular formula is C9H17NO6. The average molecular weight is 235 g/mol. The van der Waals surface area contributed by atoms with Crippen LogP contribution in [0.3, 0.4) is 0 Å². The molecule has 0 atom stereocenters. The van der Waals surface area contributed by atoms with Crippen LogP contribution in [0.5, 0.6) is 0 Å². The summed E-state index contributed by atoms with van der Waals surface area (Å²) in [6, 6.07) is 0. The highest BCUT2D eigenvalue weighted by molar-refractivity contribution is 5.77. The number of rotatable bonds is 8. The molecule has 7 nitrogen and oxygen atoms in total. The zero-order chi connectivity index (χ0) is 12.6. The van der Waals surface area contributed by atoms with E-state index in [1.54, 1.807) is 0 Å². The molecule has 0 saturated carbocycles. The summed E-state index contributed by atoms with van der Waals surface area (Å²) < 4.78 is 0. The van der Waals surface area contributed by atoms with Crippen LogP contribution in [0.2, 0.25) is 0 Å². The van der Waals surface area contributed by atoms with Gasteiger partial charge in [0.25, 0.3) is 0 Å². The van der Waals surface area contributed by atoms with Gasteiger partial charge in [0.05, 0.1) is 19.8 Å². The minimum atomic E-state index is -1.44. The van der Waals surface area contributed by atoms with E-state index in [-0.39, 0.29) is 19.3 Å². The Morgan fingerprint density at radius 3 is 1.88 bits per heavy atom. The monoisotopic (exact) mass is 235 g/mol. The molecule has 0 spiro atoms. The molecule has 7 heteroatoms. The van der Waals surface area contributed by atoms with Crippen molar-refractivity contribution in [1.82, 2.24) is 5.32 Å². The fourth-order valence-electron chi connectivity index (χ4n) is 1.03. The highest BCUT2D eigenvalue weighted by atomic mass is 16.4. The van der Waals surface area contributed by atoms with Crippen LogP contribution in [0.4, 0.5) is 0 Å². The van der Waals surface area contributed by atoms with E-state index in [0.29, 0.717) is 0 Å². The van der Waals surface area contributed by atoms with Crippen molar-refractivity contribution < 1.29 is 30.0 Å². The Hall–Kier alpha value is -1.18. The van der Waals surface area contributed by atoms with E-state index in [4.69, 9.17) is 20.4 Å². The Morgan fingerprint density at radius 1 is 1.00 bits per heavy atom. The Bertz CT molecular complexity index is 230. The first-order valence-corrected chi connectivity index (χ1v) is 4.85. The minimum Gasteiger partial charge on any atom is -0.481 e. The summed E-state index contributed by atoms with van der Waals surface area (Å²) in [5.74, 6) is -1.51. The number of aliphatic hydroxyl groups is 3. The van der Waals surface area contributed by atoms with Crippen molar-refractivity contribution in [3.63, 3.8) is 0 Å². The molecule has 0 aliphatic heterocycles. The predicted octanol–water partition coefficient (Wildman–Crippen LogP) is -1.93. The van der Waals surface area contributed by atoms with E-state index in [2.05, 4.69) is 5.32 Å². The molecule has 0 aliphatic rings. The fraction of sp³-hybridized carbons (Fsp3) is 0.778. The van der Waals surface area contributed by atoms with Crippen LogP contribution < -0.4 is 5.32 Å².